The molecule has 1 fully saturated rings. The summed E-state index contributed by atoms with van der Waals surface area (Å²) in [5, 5.41) is 2.50. The Bertz CT molecular complexity index is 579. The fraction of sp³-hybridized carbons (Fsp3) is 0.385. The second kappa shape index (κ2) is 5.78. The number of furan rings is 1. The van der Waals surface area contributed by atoms with Crippen molar-refractivity contribution < 1.29 is 23.6 Å². The van der Waals surface area contributed by atoms with E-state index in [-0.39, 0.29) is 6.54 Å². The van der Waals surface area contributed by atoms with Crippen LogP contribution in [0.25, 0.3) is 0 Å². The van der Waals surface area contributed by atoms with E-state index >= 15 is 0 Å². The van der Waals surface area contributed by atoms with Crippen LogP contribution in [-0.2, 0) is 20.9 Å². The van der Waals surface area contributed by atoms with Gasteiger partial charge in [0, 0.05) is 6.04 Å². The van der Waals surface area contributed by atoms with Gasteiger partial charge in [-0.2, -0.15) is 0 Å². The number of carbonyl (C=O) groups is 4. The Balaban J connectivity index is 1.96. The first-order valence-electron chi connectivity index (χ1n) is 6.40. The number of amides is 5. The first kappa shape index (κ1) is 14.8. The highest BCUT2D eigenvalue weighted by atomic mass is 16.3. The zero-order valence-corrected chi connectivity index (χ0v) is 11.7. The van der Waals surface area contributed by atoms with E-state index in [9.17, 15) is 19.2 Å². The van der Waals surface area contributed by atoms with E-state index in [1.807, 2.05) is 0 Å². The molecule has 1 N–H and O–H groups in total. The van der Waals surface area contributed by atoms with Crippen LogP contribution in [0.2, 0.25) is 0 Å². The standard InChI is InChI=1S/C13H15N3O5/c1-8(2)16-12(19)11(18)15(13(16)20)7-10(17)14-6-9-4-3-5-21-9/h3-5,8H,6-7H2,1-2H3,(H,14,17). The molecule has 8 heteroatoms. The van der Waals surface area contributed by atoms with Crippen LogP contribution in [0.15, 0.2) is 22.8 Å². The molecule has 21 heavy (non-hydrogen) atoms. The summed E-state index contributed by atoms with van der Waals surface area (Å²) >= 11 is 0. The second-order valence-corrected chi connectivity index (χ2v) is 4.80. The Morgan fingerprint density at radius 2 is 2.00 bits per heavy atom. The molecule has 0 aromatic carbocycles. The van der Waals surface area contributed by atoms with Crippen molar-refractivity contribution in [2.45, 2.75) is 26.4 Å². The van der Waals surface area contributed by atoms with Crippen molar-refractivity contribution in [3.05, 3.63) is 24.2 Å². The summed E-state index contributed by atoms with van der Waals surface area (Å²) < 4.78 is 5.04. The van der Waals surface area contributed by atoms with E-state index in [0.29, 0.717) is 10.7 Å². The molecule has 112 valence electrons. The van der Waals surface area contributed by atoms with Gasteiger partial charge in [-0.15, -0.1) is 0 Å². The fourth-order valence-corrected chi connectivity index (χ4v) is 1.92. The van der Waals surface area contributed by atoms with Crippen LogP contribution in [0, 0.1) is 0 Å². The quantitative estimate of drug-likeness (QED) is 0.613. The Kier molecular flexibility index (Phi) is 4.06. The highest BCUT2D eigenvalue weighted by Gasteiger charge is 2.46. The molecule has 0 saturated carbocycles. The number of nitrogens with one attached hydrogen (secondary N) is 1. The molecule has 0 bridgehead atoms. The fourth-order valence-electron chi connectivity index (χ4n) is 1.92. The third kappa shape index (κ3) is 2.93. The van der Waals surface area contributed by atoms with Crippen LogP contribution in [0.1, 0.15) is 19.6 Å². The Labute approximate surface area is 120 Å². The van der Waals surface area contributed by atoms with E-state index in [2.05, 4.69) is 5.32 Å². The van der Waals surface area contributed by atoms with Gasteiger partial charge in [0.2, 0.25) is 5.91 Å². The lowest BCUT2D eigenvalue weighted by molar-refractivity contribution is -0.144. The number of imide groups is 2. The third-order valence-electron chi connectivity index (χ3n) is 2.94. The molecule has 2 heterocycles. The number of nitrogens with zero attached hydrogens (tertiary/aromatic N) is 2. The lowest BCUT2D eigenvalue weighted by Gasteiger charge is -2.18. The van der Waals surface area contributed by atoms with Crippen LogP contribution >= 0.6 is 0 Å². The van der Waals surface area contributed by atoms with E-state index in [4.69, 9.17) is 4.42 Å². The Morgan fingerprint density at radius 1 is 1.29 bits per heavy atom. The molecule has 5 amide bonds. The van der Waals surface area contributed by atoms with Gasteiger partial charge >= 0.3 is 17.8 Å². The smallest absolute Gasteiger partial charge is 0.334 e. The average molecular weight is 293 g/mol. The Hall–Kier alpha value is -2.64. The summed E-state index contributed by atoms with van der Waals surface area (Å²) in [6.45, 7) is 2.88. The molecular weight excluding hydrogens is 278 g/mol. The SMILES string of the molecule is CC(C)N1C(=O)C(=O)N(CC(=O)NCc2ccco2)C1=O. The van der Waals surface area contributed by atoms with Gasteiger partial charge in [0.1, 0.15) is 12.3 Å². The maximum atomic E-state index is 11.9. The van der Waals surface area contributed by atoms with Crippen molar-refractivity contribution in [2.24, 2.45) is 0 Å². The molecule has 0 radical (unpaired) electrons. The molecule has 0 unspecified atom stereocenters. The molecule has 8 nitrogen and oxygen atoms in total. The summed E-state index contributed by atoms with van der Waals surface area (Å²) in [7, 11) is 0. The van der Waals surface area contributed by atoms with Crippen LogP contribution in [0.3, 0.4) is 0 Å². The summed E-state index contributed by atoms with van der Waals surface area (Å²) in [6, 6.07) is 2.14. The maximum Gasteiger partial charge on any atom is 0.334 e. The minimum absolute atomic E-state index is 0.143. The van der Waals surface area contributed by atoms with Crippen LogP contribution in [0.5, 0.6) is 0 Å². The van der Waals surface area contributed by atoms with Crippen LogP contribution < -0.4 is 5.32 Å². The molecule has 0 aliphatic carbocycles. The molecule has 1 saturated heterocycles. The van der Waals surface area contributed by atoms with E-state index in [1.54, 1.807) is 26.0 Å². The summed E-state index contributed by atoms with van der Waals surface area (Å²) in [5.41, 5.74) is 0. The predicted molar refractivity (Wildman–Crippen MR) is 69.6 cm³/mol. The van der Waals surface area contributed by atoms with Crippen molar-refractivity contribution in [1.82, 2.24) is 15.1 Å². The number of hydrogen-bond donors (Lipinski definition) is 1. The van der Waals surface area contributed by atoms with Gasteiger partial charge in [-0.3, -0.25) is 19.3 Å². The van der Waals surface area contributed by atoms with Crippen molar-refractivity contribution in [1.29, 1.82) is 0 Å². The minimum Gasteiger partial charge on any atom is -0.467 e. The topological polar surface area (TPSA) is 99.9 Å². The highest BCUT2D eigenvalue weighted by molar-refractivity contribution is 6.45. The number of hydrogen-bond acceptors (Lipinski definition) is 5. The van der Waals surface area contributed by atoms with Crippen molar-refractivity contribution in [2.75, 3.05) is 6.54 Å². The zero-order valence-electron chi connectivity index (χ0n) is 11.7. The van der Waals surface area contributed by atoms with E-state index in [0.717, 1.165) is 4.90 Å². The monoisotopic (exact) mass is 293 g/mol. The summed E-state index contributed by atoms with van der Waals surface area (Å²) in [4.78, 5) is 48.5. The van der Waals surface area contributed by atoms with E-state index in [1.165, 1.54) is 6.26 Å². The average Bonchev–Trinajstić information content (AvgIpc) is 3.00. The minimum atomic E-state index is -0.984. The van der Waals surface area contributed by atoms with Gasteiger partial charge in [-0.25, -0.2) is 9.69 Å². The molecule has 1 aliphatic rings. The normalized spacial score (nSPS) is 15.3. The predicted octanol–water partition coefficient (Wildman–Crippen LogP) is 0.0950. The lowest BCUT2D eigenvalue weighted by atomic mass is 10.3. The van der Waals surface area contributed by atoms with Gasteiger partial charge in [-0.05, 0) is 26.0 Å². The lowest BCUT2D eigenvalue weighted by Crippen LogP contribution is -2.42. The zero-order chi connectivity index (χ0) is 15.6. The molecular formula is C13H15N3O5. The molecule has 1 aliphatic heterocycles. The van der Waals surface area contributed by atoms with Gasteiger partial charge in [0.05, 0.1) is 12.8 Å². The van der Waals surface area contributed by atoms with Gasteiger partial charge in [0.15, 0.2) is 0 Å². The van der Waals surface area contributed by atoms with Crippen molar-refractivity contribution in [3.63, 3.8) is 0 Å². The van der Waals surface area contributed by atoms with Crippen LogP contribution in [0.4, 0.5) is 4.79 Å². The van der Waals surface area contributed by atoms with Gasteiger partial charge in [-0.1, -0.05) is 0 Å². The van der Waals surface area contributed by atoms with Crippen LogP contribution in [-0.4, -0.2) is 46.1 Å². The highest BCUT2D eigenvalue weighted by Crippen LogP contribution is 2.14. The maximum absolute atomic E-state index is 11.9. The molecule has 2 rings (SSSR count). The number of urea groups is 1. The largest absolute Gasteiger partial charge is 0.467 e. The van der Waals surface area contributed by atoms with Crippen molar-refractivity contribution in [3.8, 4) is 0 Å². The molecule has 0 spiro atoms. The Morgan fingerprint density at radius 3 is 2.52 bits per heavy atom. The van der Waals surface area contributed by atoms with Crippen molar-refractivity contribution >= 4 is 23.8 Å². The van der Waals surface area contributed by atoms with E-state index < -0.39 is 36.3 Å². The molecule has 0 atom stereocenters. The molecule has 1 aromatic rings. The number of rotatable bonds is 5. The first-order valence-corrected chi connectivity index (χ1v) is 6.40. The van der Waals surface area contributed by atoms with Gasteiger partial charge in [0.25, 0.3) is 0 Å². The summed E-state index contributed by atoms with van der Waals surface area (Å²) in [6.07, 6.45) is 1.47. The molecule has 1 aromatic heterocycles. The first-order chi connectivity index (χ1) is 9.91. The summed E-state index contributed by atoms with van der Waals surface area (Å²) in [5.74, 6) is -1.90. The second-order valence-electron chi connectivity index (χ2n) is 4.80. The third-order valence-corrected chi connectivity index (χ3v) is 2.94. The number of carbonyl (C=O) groups excluding carboxylic acids is 4. The van der Waals surface area contributed by atoms with Gasteiger partial charge < -0.3 is 9.73 Å².